The predicted molar refractivity (Wildman–Crippen MR) is 103 cm³/mol. The molecule has 0 atom stereocenters. The monoisotopic (exact) mass is 367 g/mol. The zero-order valence-electron chi connectivity index (χ0n) is 14.7. The van der Waals surface area contributed by atoms with Crippen molar-refractivity contribution in [1.82, 2.24) is 0 Å². The molecule has 0 radical (unpaired) electrons. The van der Waals surface area contributed by atoms with Gasteiger partial charge < -0.3 is 4.74 Å². The van der Waals surface area contributed by atoms with E-state index in [0.29, 0.717) is 22.0 Å². The number of para-hydroxylation sites is 1. The minimum absolute atomic E-state index is 0.249. The van der Waals surface area contributed by atoms with Gasteiger partial charge in [0.25, 0.3) is 5.91 Å². The molecule has 5 heteroatoms. The van der Waals surface area contributed by atoms with Crippen molar-refractivity contribution < 1.29 is 14.3 Å². The second-order valence-corrected chi connectivity index (χ2v) is 6.42. The van der Waals surface area contributed by atoms with Crippen LogP contribution >= 0.6 is 11.6 Å². The van der Waals surface area contributed by atoms with Crippen molar-refractivity contribution >= 4 is 35.2 Å². The number of carbonyl (C=O) groups excluding carboxylic acids is 2. The van der Waals surface area contributed by atoms with Gasteiger partial charge in [0.15, 0.2) is 0 Å². The molecular formula is C21H18ClNO3. The van der Waals surface area contributed by atoms with Crippen molar-refractivity contribution in [2.45, 2.75) is 13.8 Å². The summed E-state index contributed by atoms with van der Waals surface area (Å²) >= 11 is 6.27. The number of halogens is 1. The minimum atomic E-state index is -0.552. The quantitative estimate of drug-likeness (QED) is 0.591. The highest BCUT2D eigenvalue weighted by atomic mass is 35.5. The topological polar surface area (TPSA) is 46.6 Å². The third-order valence-electron chi connectivity index (χ3n) is 4.24. The maximum Gasteiger partial charge on any atom is 0.340 e. The van der Waals surface area contributed by atoms with Crippen LogP contribution < -0.4 is 4.90 Å². The molecule has 0 fully saturated rings. The molecule has 1 heterocycles. The van der Waals surface area contributed by atoms with Crippen molar-refractivity contribution in [3.8, 4) is 0 Å². The van der Waals surface area contributed by atoms with E-state index in [1.807, 2.05) is 31.2 Å². The summed E-state index contributed by atoms with van der Waals surface area (Å²) in [5.74, 6) is -0.859. The third-order valence-corrected chi connectivity index (χ3v) is 4.56. The van der Waals surface area contributed by atoms with Crippen LogP contribution in [0.15, 0.2) is 65.4 Å². The zero-order chi connectivity index (χ0) is 18.8. The van der Waals surface area contributed by atoms with Gasteiger partial charge in [-0.1, -0.05) is 53.6 Å². The molecule has 3 rings (SSSR count). The van der Waals surface area contributed by atoms with Gasteiger partial charge in [-0.25, -0.2) is 4.79 Å². The molecule has 1 aliphatic heterocycles. The van der Waals surface area contributed by atoms with Crippen LogP contribution in [-0.2, 0) is 14.3 Å². The predicted octanol–water partition coefficient (Wildman–Crippen LogP) is 4.53. The summed E-state index contributed by atoms with van der Waals surface area (Å²) in [6.07, 6.45) is 1.71. The van der Waals surface area contributed by atoms with Crippen LogP contribution in [-0.4, -0.2) is 19.0 Å². The van der Waals surface area contributed by atoms with Crippen molar-refractivity contribution in [2.75, 3.05) is 12.0 Å². The van der Waals surface area contributed by atoms with Crippen LogP contribution in [0, 0.1) is 6.92 Å². The number of nitrogens with zero attached hydrogens (tertiary/aromatic N) is 1. The number of amides is 1. The maximum absolute atomic E-state index is 13.1. The second-order valence-electron chi connectivity index (χ2n) is 6.02. The molecule has 0 aliphatic carbocycles. The largest absolute Gasteiger partial charge is 0.465 e. The highest BCUT2D eigenvalue weighted by Crippen LogP contribution is 2.38. The Balaban J connectivity index is 2.17. The van der Waals surface area contributed by atoms with Crippen molar-refractivity contribution in [3.63, 3.8) is 0 Å². The maximum atomic E-state index is 13.1. The Labute approximate surface area is 157 Å². The SMILES string of the molecule is COC(=O)C1=C(C)N(c2ccccc2Cl)C(=O)/C1=C\c1cccc(C)c1. The van der Waals surface area contributed by atoms with Gasteiger partial charge in [-0.15, -0.1) is 0 Å². The van der Waals surface area contributed by atoms with Gasteiger partial charge in [-0.05, 0) is 37.6 Å². The smallest absolute Gasteiger partial charge is 0.340 e. The van der Waals surface area contributed by atoms with Gasteiger partial charge in [0.05, 0.1) is 29.0 Å². The molecule has 0 spiro atoms. The lowest BCUT2D eigenvalue weighted by Gasteiger charge is -2.19. The first-order chi connectivity index (χ1) is 12.4. The van der Waals surface area contributed by atoms with Crippen LogP contribution in [0.1, 0.15) is 18.1 Å². The number of aryl methyl sites for hydroxylation is 1. The molecule has 0 aromatic heterocycles. The highest BCUT2D eigenvalue weighted by Gasteiger charge is 2.38. The molecule has 0 saturated heterocycles. The van der Waals surface area contributed by atoms with E-state index in [4.69, 9.17) is 16.3 Å². The Kier molecular flexibility index (Phi) is 4.96. The van der Waals surface area contributed by atoms with E-state index in [1.54, 1.807) is 37.3 Å². The number of ether oxygens (including phenoxy) is 1. The number of allylic oxidation sites excluding steroid dienone is 1. The molecule has 2 aromatic carbocycles. The summed E-state index contributed by atoms with van der Waals surface area (Å²) in [6.45, 7) is 3.68. The lowest BCUT2D eigenvalue weighted by molar-refractivity contribution is -0.136. The Morgan fingerprint density at radius 3 is 2.50 bits per heavy atom. The number of hydrogen-bond acceptors (Lipinski definition) is 3. The number of hydrogen-bond donors (Lipinski definition) is 0. The number of methoxy groups -OCH3 is 1. The average Bonchev–Trinajstić information content (AvgIpc) is 2.85. The van der Waals surface area contributed by atoms with E-state index in [0.717, 1.165) is 11.1 Å². The van der Waals surface area contributed by atoms with Gasteiger partial charge in [-0.2, -0.15) is 0 Å². The number of esters is 1. The van der Waals surface area contributed by atoms with E-state index < -0.39 is 5.97 Å². The number of carbonyl (C=O) groups is 2. The van der Waals surface area contributed by atoms with E-state index in [1.165, 1.54) is 12.0 Å². The van der Waals surface area contributed by atoms with Gasteiger partial charge in [0, 0.05) is 5.70 Å². The molecule has 0 bridgehead atoms. The lowest BCUT2D eigenvalue weighted by atomic mass is 10.0. The summed E-state index contributed by atoms with van der Waals surface area (Å²) in [7, 11) is 1.30. The van der Waals surface area contributed by atoms with E-state index >= 15 is 0 Å². The fourth-order valence-corrected chi connectivity index (χ4v) is 3.25. The van der Waals surface area contributed by atoms with E-state index in [2.05, 4.69) is 0 Å². The lowest BCUT2D eigenvalue weighted by Crippen LogP contribution is -2.24. The molecule has 132 valence electrons. The van der Waals surface area contributed by atoms with Crippen molar-refractivity contribution in [1.29, 1.82) is 0 Å². The molecular weight excluding hydrogens is 350 g/mol. The van der Waals surface area contributed by atoms with Crippen molar-refractivity contribution in [3.05, 3.63) is 81.5 Å². The molecule has 0 saturated carbocycles. The Morgan fingerprint density at radius 1 is 1.12 bits per heavy atom. The average molecular weight is 368 g/mol. The van der Waals surface area contributed by atoms with Gasteiger partial charge in [0.2, 0.25) is 0 Å². The van der Waals surface area contributed by atoms with Crippen LogP contribution in [0.3, 0.4) is 0 Å². The fourth-order valence-electron chi connectivity index (χ4n) is 3.03. The van der Waals surface area contributed by atoms with Gasteiger partial charge in [-0.3, -0.25) is 9.69 Å². The van der Waals surface area contributed by atoms with E-state index in [9.17, 15) is 9.59 Å². The molecule has 1 aliphatic rings. The minimum Gasteiger partial charge on any atom is -0.465 e. The van der Waals surface area contributed by atoms with Crippen LogP contribution in [0.2, 0.25) is 5.02 Å². The summed E-state index contributed by atoms with van der Waals surface area (Å²) < 4.78 is 4.91. The zero-order valence-corrected chi connectivity index (χ0v) is 15.5. The van der Waals surface area contributed by atoms with Crippen LogP contribution in [0.25, 0.3) is 6.08 Å². The molecule has 2 aromatic rings. The van der Waals surface area contributed by atoms with Crippen LogP contribution in [0.4, 0.5) is 5.69 Å². The number of rotatable bonds is 3. The molecule has 4 nitrogen and oxygen atoms in total. The first-order valence-corrected chi connectivity index (χ1v) is 8.48. The highest BCUT2D eigenvalue weighted by molar-refractivity contribution is 6.35. The molecule has 0 N–H and O–H groups in total. The van der Waals surface area contributed by atoms with Gasteiger partial charge in [0.1, 0.15) is 0 Å². The third kappa shape index (κ3) is 3.16. The normalized spacial score (nSPS) is 15.8. The molecule has 0 unspecified atom stereocenters. The molecule has 26 heavy (non-hydrogen) atoms. The molecule has 1 amide bonds. The number of benzene rings is 2. The number of anilines is 1. The first kappa shape index (κ1) is 18.0. The van der Waals surface area contributed by atoms with Crippen molar-refractivity contribution in [2.24, 2.45) is 0 Å². The van der Waals surface area contributed by atoms with Gasteiger partial charge >= 0.3 is 5.97 Å². The summed E-state index contributed by atoms with van der Waals surface area (Å²) in [6, 6.07) is 14.7. The first-order valence-electron chi connectivity index (χ1n) is 8.11. The standard InChI is InChI=1S/C21H18ClNO3/c1-13-7-6-8-15(11-13)12-16-19(21(25)26-3)14(2)23(20(16)24)18-10-5-4-9-17(18)22/h4-12H,1-3H3/b16-12-. The Morgan fingerprint density at radius 2 is 1.85 bits per heavy atom. The summed E-state index contributed by atoms with van der Waals surface area (Å²) in [5, 5.41) is 0.432. The van der Waals surface area contributed by atoms with Crippen LogP contribution in [0.5, 0.6) is 0 Å². The Hall–Kier alpha value is -2.85. The van der Waals surface area contributed by atoms with E-state index in [-0.39, 0.29) is 11.5 Å². The second kappa shape index (κ2) is 7.18. The Bertz CT molecular complexity index is 959. The summed E-state index contributed by atoms with van der Waals surface area (Å²) in [5.41, 5.74) is 3.47. The summed E-state index contributed by atoms with van der Waals surface area (Å²) in [4.78, 5) is 27.0. The fraction of sp³-hybridized carbons (Fsp3) is 0.143.